The number of carbonyl (C=O) groups excluding carboxylic acids is 4. The highest BCUT2D eigenvalue weighted by Crippen LogP contribution is 2.30. The maximum atomic E-state index is 11.8. The van der Waals surface area contributed by atoms with Gasteiger partial charge in [0, 0.05) is 12.8 Å². The summed E-state index contributed by atoms with van der Waals surface area (Å²) < 4.78 is 18.6. The average Bonchev–Trinajstić information content (AvgIpc) is 3.68. The van der Waals surface area contributed by atoms with Crippen LogP contribution in [-0.4, -0.2) is 75.8 Å². The number of esters is 4. The van der Waals surface area contributed by atoms with E-state index in [0.717, 1.165) is 0 Å². The zero-order valence-corrected chi connectivity index (χ0v) is 23.1. The predicted octanol–water partition coefficient (Wildman–Crippen LogP) is 2.21. The lowest BCUT2D eigenvalue weighted by Crippen LogP contribution is -2.26. The van der Waals surface area contributed by atoms with Crippen molar-refractivity contribution in [2.75, 3.05) is 38.5 Å². The summed E-state index contributed by atoms with van der Waals surface area (Å²) in [5.41, 5.74) is 1.65. The molecular formula is C28H26N6O8. The first kappa shape index (κ1) is 30.8. The van der Waals surface area contributed by atoms with E-state index < -0.39 is 36.0 Å². The normalized spacial score (nSPS) is 16.9. The molecule has 0 radical (unpaired) electrons. The Balaban J connectivity index is 0.000000230. The molecule has 14 nitrogen and oxygen atoms in total. The molecule has 0 saturated carbocycles. The number of methoxy groups -OCH3 is 4. The number of nitriles is 2. The van der Waals surface area contributed by atoms with Crippen LogP contribution in [0.1, 0.15) is 33.6 Å². The van der Waals surface area contributed by atoms with Crippen molar-refractivity contribution in [3.63, 3.8) is 0 Å². The van der Waals surface area contributed by atoms with Gasteiger partial charge in [-0.2, -0.15) is 20.7 Å². The van der Waals surface area contributed by atoms with Crippen molar-refractivity contribution in [2.24, 2.45) is 10.2 Å². The molecule has 2 atom stereocenters. The van der Waals surface area contributed by atoms with Gasteiger partial charge in [-0.05, 0) is 24.3 Å². The third kappa shape index (κ3) is 6.51. The van der Waals surface area contributed by atoms with Gasteiger partial charge in [0.1, 0.15) is 23.5 Å². The Hall–Kier alpha value is -5.76. The van der Waals surface area contributed by atoms with E-state index in [1.54, 1.807) is 48.5 Å². The summed E-state index contributed by atoms with van der Waals surface area (Å²) in [5, 5.41) is 29.3. The molecule has 2 aliphatic heterocycles. The van der Waals surface area contributed by atoms with E-state index in [-0.39, 0.29) is 35.4 Å². The van der Waals surface area contributed by atoms with Crippen LogP contribution in [0.3, 0.4) is 0 Å². The minimum absolute atomic E-state index is 0.138. The fourth-order valence-corrected chi connectivity index (χ4v) is 4.06. The Morgan fingerprint density at radius 3 is 1.29 bits per heavy atom. The molecule has 0 aliphatic carbocycles. The smallest absolute Gasteiger partial charge is 0.354 e. The molecule has 0 fully saturated rings. The van der Waals surface area contributed by atoms with Gasteiger partial charge in [0.25, 0.3) is 0 Å². The van der Waals surface area contributed by atoms with E-state index >= 15 is 0 Å². The van der Waals surface area contributed by atoms with E-state index in [4.69, 9.17) is 9.47 Å². The van der Waals surface area contributed by atoms with E-state index in [9.17, 15) is 29.7 Å². The molecule has 0 spiro atoms. The predicted molar refractivity (Wildman–Crippen MR) is 147 cm³/mol. The molecule has 14 heteroatoms. The maximum absolute atomic E-state index is 11.8. The molecule has 2 aliphatic rings. The molecule has 2 aromatic carbocycles. The van der Waals surface area contributed by atoms with E-state index in [2.05, 4.69) is 31.8 Å². The van der Waals surface area contributed by atoms with Crippen molar-refractivity contribution in [2.45, 2.75) is 24.9 Å². The van der Waals surface area contributed by atoms with Gasteiger partial charge in [0.15, 0.2) is 0 Å². The Morgan fingerprint density at radius 1 is 0.643 bits per heavy atom. The first-order chi connectivity index (χ1) is 20.2. The van der Waals surface area contributed by atoms with Crippen LogP contribution in [0.4, 0.5) is 11.4 Å². The van der Waals surface area contributed by atoms with E-state index in [0.29, 0.717) is 11.4 Å². The van der Waals surface area contributed by atoms with Crippen LogP contribution in [0.15, 0.2) is 58.7 Å². The van der Waals surface area contributed by atoms with Crippen molar-refractivity contribution < 1.29 is 38.1 Å². The topological polar surface area (TPSA) is 184 Å². The first-order valence-corrected chi connectivity index (χ1v) is 12.3. The lowest BCUT2D eigenvalue weighted by Gasteiger charge is -2.20. The van der Waals surface area contributed by atoms with E-state index in [1.807, 2.05) is 0 Å². The van der Waals surface area contributed by atoms with Crippen molar-refractivity contribution in [1.29, 1.82) is 10.5 Å². The number of hydrazone groups is 2. The summed E-state index contributed by atoms with van der Waals surface area (Å²) in [6.07, 6.45) is 0.275. The summed E-state index contributed by atoms with van der Waals surface area (Å²) in [6, 6.07) is 16.0. The Morgan fingerprint density at radius 2 is 0.976 bits per heavy atom. The highest BCUT2D eigenvalue weighted by molar-refractivity contribution is 6.38. The lowest BCUT2D eigenvalue weighted by molar-refractivity contribution is -0.133. The summed E-state index contributed by atoms with van der Waals surface area (Å²) >= 11 is 0. The van der Waals surface area contributed by atoms with Gasteiger partial charge in [-0.3, -0.25) is 0 Å². The molecule has 2 heterocycles. The number of nitrogens with zero attached hydrogens (tertiary/aromatic N) is 6. The van der Waals surface area contributed by atoms with Crippen molar-refractivity contribution in [1.82, 2.24) is 0 Å². The standard InChI is InChI=1S/2C14H13N3O4/c2*1-20-13(18)10-5-3-4-6-12(10)17-9(8-15)7-11(16-17)14(19)21-2/h2*3-6,9H,7H2,1-2H3/t2*9-/m00/s1. The third-order valence-corrected chi connectivity index (χ3v) is 6.07. The summed E-state index contributed by atoms with van der Waals surface area (Å²) in [6.45, 7) is 0. The summed E-state index contributed by atoms with van der Waals surface area (Å²) in [7, 11) is 5.04. The molecule has 0 bridgehead atoms. The Labute approximate surface area is 240 Å². The fraction of sp³-hybridized carbons (Fsp3) is 0.286. The molecule has 0 aromatic heterocycles. The molecular weight excluding hydrogens is 548 g/mol. The zero-order valence-electron chi connectivity index (χ0n) is 23.1. The fourth-order valence-electron chi connectivity index (χ4n) is 4.06. The highest BCUT2D eigenvalue weighted by Gasteiger charge is 2.35. The second kappa shape index (κ2) is 14.0. The van der Waals surface area contributed by atoms with E-state index in [1.165, 1.54) is 38.5 Å². The number of anilines is 2. The van der Waals surface area contributed by atoms with Crippen molar-refractivity contribution in [3.8, 4) is 12.1 Å². The first-order valence-electron chi connectivity index (χ1n) is 12.3. The minimum Gasteiger partial charge on any atom is -0.465 e. The molecule has 42 heavy (non-hydrogen) atoms. The quantitative estimate of drug-likeness (QED) is 0.362. The summed E-state index contributed by atoms with van der Waals surface area (Å²) in [5.74, 6) is -2.25. The van der Waals surface area contributed by atoms with Gasteiger partial charge in [0.05, 0.1) is 63.1 Å². The number of hydrogen-bond donors (Lipinski definition) is 0. The highest BCUT2D eigenvalue weighted by atomic mass is 16.5. The van der Waals surface area contributed by atoms with Gasteiger partial charge in [0.2, 0.25) is 0 Å². The SMILES string of the molecule is COC(=O)C1=NN(c2ccccc2C(=O)OC)[C@H](C#N)C1.COC(=O)C1=NN(c2ccccc2C(=O)OC)[C@H](C#N)C1. The van der Waals surface area contributed by atoms with Crippen LogP contribution < -0.4 is 10.0 Å². The van der Waals surface area contributed by atoms with Gasteiger partial charge >= 0.3 is 23.9 Å². The van der Waals surface area contributed by atoms with Crippen LogP contribution in [0.25, 0.3) is 0 Å². The number of benzene rings is 2. The van der Waals surface area contributed by atoms with Crippen LogP contribution in [0.5, 0.6) is 0 Å². The minimum atomic E-state index is -0.676. The van der Waals surface area contributed by atoms with Gasteiger partial charge in [-0.15, -0.1) is 0 Å². The van der Waals surface area contributed by atoms with Crippen molar-refractivity contribution >= 4 is 46.7 Å². The Bertz CT molecular complexity index is 1410. The molecule has 4 rings (SSSR count). The molecule has 2 aromatic rings. The van der Waals surface area contributed by atoms with Crippen molar-refractivity contribution in [3.05, 3.63) is 59.7 Å². The largest absolute Gasteiger partial charge is 0.465 e. The second-order valence-electron chi connectivity index (χ2n) is 8.48. The maximum Gasteiger partial charge on any atom is 0.354 e. The molecule has 0 amide bonds. The Kier molecular flexibility index (Phi) is 10.3. The third-order valence-electron chi connectivity index (χ3n) is 6.07. The van der Waals surface area contributed by atoms with Crippen LogP contribution in [0.2, 0.25) is 0 Å². The number of carbonyl (C=O) groups is 4. The number of hydrogen-bond acceptors (Lipinski definition) is 14. The molecule has 216 valence electrons. The molecule has 0 N–H and O–H groups in total. The van der Waals surface area contributed by atoms with Crippen LogP contribution >= 0.6 is 0 Å². The lowest BCUT2D eigenvalue weighted by atomic mass is 10.1. The molecule has 0 unspecified atom stereocenters. The van der Waals surface area contributed by atoms with Gasteiger partial charge < -0.3 is 18.9 Å². The number of para-hydroxylation sites is 2. The van der Waals surface area contributed by atoms with Crippen LogP contribution in [0, 0.1) is 22.7 Å². The average molecular weight is 575 g/mol. The van der Waals surface area contributed by atoms with Crippen LogP contribution in [-0.2, 0) is 28.5 Å². The monoisotopic (exact) mass is 574 g/mol. The van der Waals surface area contributed by atoms with Gasteiger partial charge in [-0.25, -0.2) is 29.2 Å². The van der Waals surface area contributed by atoms with Gasteiger partial charge in [-0.1, -0.05) is 24.3 Å². The summed E-state index contributed by atoms with van der Waals surface area (Å²) in [4.78, 5) is 46.7. The second-order valence-corrected chi connectivity index (χ2v) is 8.48. The molecule has 0 saturated heterocycles. The number of rotatable bonds is 6. The zero-order chi connectivity index (χ0) is 30.8. The number of ether oxygens (including phenoxy) is 4.